The van der Waals surface area contributed by atoms with Crippen LogP contribution in [0.1, 0.15) is 39.5 Å². The van der Waals surface area contributed by atoms with E-state index in [2.05, 4.69) is 4.98 Å². The summed E-state index contributed by atoms with van der Waals surface area (Å²) >= 11 is 0. The van der Waals surface area contributed by atoms with Gasteiger partial charge in [0, 0.05) is 38.4 Å². The Bertz CT molecular complexity index is 418. The molecule has 6 heteroatoms. The van der Waals surface area contributed by atoms with Crippen LogP contribution < -0.4 is 0 Å². The number of carbonyl (C=O) groups excluding carboxylic acids is 2. The Balaban J connectivity index is 2.39. The van der Waals surface area contributed by atoms with E-state index in [4.69, 9.17) is 4.74 Å². The number of rotatable bonds is 10. The molecular weight excluding hydrogens is 270 g/mol. The first-order valence-corrected chi connectivity index (χ1v) is 7.56. The second-order valence-electron chi connectivity index (χ2n) is 4.84. The molecule has 1 amide bonds. The molecule has 118 valence electrons. The lowest BCUT2D eigenvalue weighted by atomic mass is 10.2. The normalized spacial score (nSPS) is 10.4. The maximum atomic E-state index is 12.1. The van der Waals surface area contributed by atoms with E-state index >= 15 is 0 Å². The van der Waals surface area contributed by atoms with E-state index in [1.807, 2.05) is 17.7 Å². The largest absolute Gasteiger partial charge is 0.466 e. The molecule has 1 heterocycles. The van der Waals surface area contributed by atoms with Gasteiger partial charge in [0.1, 0.15) is 0 Å². The summed E-state index contributed by atoms with van der Waals surface area (Å²) in [4.78, 5) is 29.2. The smallest absolute Gasteiger partial charge is 0.307 e. The summed E-state index contributed by atoms with van der Waals surface area (Å²) in [6.07, 6.45) is 7.83. The molecule has 1 aromatic rings. The number of nitrogens with zero attached hydrogens (tertiary/aromatic N) is 3. The standard InChI is InChI=1S/C15H25N3O3/c1-3-6-14(19)18(11-7-15(20)21-4-2)10-5-9-17-12-8-16-13-17/h8,12-13H,3-7,9-11H2,1-2H3. The van der Waals surface area contributed by atoms with Gasteiger partial charge in [0.25, 0.3) is 0 Å². The van der Waals surface area contributed by atoms with Crippen molar-refractivity contribution in [2.45, 2.75) is 46.1 Å². The number of imidazole rings is 1. The lowest BCUT2D eigenvalue weighted by Gasteiger charge is -2.22. The average Bonchev–Trinajstić information content (AvgIpc) is 2.96. The van der Waals surface area contributed by atoms with Gasteiger partial charge in [-0.25, -0.2) is 4.98 Å². The van der Waals surface area contributed by atoms with E-state index in [1.165, 1.54) is 0 Å². The molecular formula is C15H25N3O3. The van der Waals surface area contributed by atoms with Gasteiger partial charge in [0.05, 0.1) is 19.4 Å². The van der Waals surface area contributed by atoms with Crippen molar-refractivity contribution in [1.82, 2.24) is 14.5 Å². The van der Waals surface area contributed by atoms with Crippen LogP contribution in [0.25, 0.3) is 0 Å². The topological polar surface area (TPSA) is 64.4 Å². The third-order valence-corrected chi connectivity index (χ3v) is 3.11. The molecule has 0 N–H and O–H groups in total. The number of aromatic nitrogens is 2. The molecule has 1 aromatic heterocycles. The summed E-state index contributed by atoms with van der Waals surface area (Å²) in [6, 6.07) is 0. The summed E-state index contributed by atoms with van der Waals surface area (Å²) in [5, 5.41) is 0. The molecule has 0 fully saturated rings. The number of hydrogen-bond donors (Lipinski definition) is 0. The van der Waals surface area contributed by atoms with Gasteiger partial charge in [-0.2, -0.15) is 0 Å². The third-order valence-electron chi connectivity index (χ3n) is 3.11. The van der Waals surface area contributed by atoms with Crippen molar-refractivity contribution in [2.24, 2.45) is 0 Å². The molecule has 0 aliphatic carbocycles. The zero-order valence-corrected chi connectivity index (χ0v) is 13.0. The van der Waals surface area contributed by atoms with Crippen molar-refractivity contribution in [3.8, 4) is 0 Å². The van der Waals surface area contributed by atoms with Crippen molar-refractivity contribution in [3.05, 3.63) is 18.7 Å². The monoisotopic (exact) mass is 295 g/mol. The predicted octanol–water partition coefficient (Wildman–Crippen LogP) is 1.86. The number of carbonyl (C=O) groups is 2. The lowest BCUT2D eigenvalue weighted by molar-refractivity contribution is -0.144. The summed E-state index contributed by atoms with van der Waals surface area (Å²) in [6.45, 7) is 6.03. The second-order valence-corrected chi connectivity index (χ2v) is 4.84. The van der Waals surface area contributed by atoms with E-state index in [0.717, 1.165) is 19.4 Å². The zero-order chi connectivity index (χ0) is 15.5. The maximum Gasteiger partial charge on any atom is 0.307 e. The Morgan fingerprint density at radius 1 is 1.24 bits per heavy atom. The first-order valence-electron chi connectivity index (χ1n) is 7.56. The molecule has 0 saturated heterocycles. The molecule has 0 radical (unpaired) electrons. The van der Waals surface area contributed by atoms with Crippen LogP contribution in [-0.4, -0.2) is 46.0 Å². The molecule has 0 unspecified atom stereocenters. The van der Waals surface area contributed by atoms with Crippen LogP contribution in [0.4, 0.5) is 0 Å². The molecule has 0 bridgehead atoms. The fourth-order valence-electron chi connectivity index (χ4n) is 2.06. The van der Waals surface area contributed by atoms with E-state index in [-0.39, 0.29) is 18.3 Å². The Labute approximate surface area is 126 Å². The van der Waals surface area contributed by atoms with E-state index < -0.39 is 0 Å². The second kappa shape index (κ2) is 9.96. The Hall–Kier alpha value is -1.85. The van der Waals surface area contributed by atoms with Crippen molar-refractivity contribution in [2.75, 3.05) is 19.7 Å². The van der Waals surface area contributed by atoms with Crippen molar-refractivity contribution in [1.29, 1.82) is 0 Å². The van der Waals surface area contributed by atoms with Gasteiger partial charge >= 0.3 is 5.97 Å². The van der Waals surface area contributed by atoms with Crippen molar-refractivity contribution in [3.63, 3.8) is 0 Å². The van der Waals surface area contributed by atoms with Gasteiger partial charge in [-0.1, -0.05) is 6.92 Å². The first kappa shape index (κ1) is 17.2. The van der Waals surface area contributed by atoms with Crippen molar-refractivity contribution >= 4 is 11.9 Å². The van der Waals surface area contributed by atoms with Crippen LogP contribution >= 0.6 is 0 Å². The van der Waals surface area contributed by atoms with Crippen LogP contribution in [0.15, 0.2) is 18.7 Å². The first-order chi connectivity index (χ1) is 10.2. The molecule has 0 aromatic carbocycles. The molecule has 0 aliphatic rings. The maximum absolute atomic E-state index is 12.1. The quantitative estimate of drug-likeness (QED) is 0.618. The van der Waals surface area contributed by atoms with E-state index in [9.17, 15) is 9.59 Å². The van der Waals surface area contributed by atoms with Gasteiger partial charge in [0.2, 0.25) is 5.91 Å². The van der Waals surface area contributed by atoms with Gasteiger partial charge < -0.3 is 14.2 Å². The van der Waals surface area contributed by atoms with Crippen LogP contribution in [0.3, 0.4) is 0 Å². The average molecular weight is 295 g/mol. The Morgan fingerprint density at radius 2 is 2.05 bits per heavy atom. The molecule has 21 heavy (non-hydrogen) atoms. The van der Waals surface area contributed by atoms with Crippen LogP contribution in [0.5, 0.6) is 0 Å². The van der Waals surface area contributed by atoms with E-state index in [1.54, 1.807) is 24.3 Å². The van der Waals surface area contributed by atoms with Crippen molar-refractivity contribution < 1.29 is 14.3 Å². The highest BCUT2D eigenvalue weighted by molar-refractivity contribution is 5.77. The van der Waals surface area contributed by atoms with Gasteiger partial charge in [-0.15, -0.1) is 0 Å². The molecule has 0 aliphatic heterocycles. The van der Waals surface area contributed by atoms with Crippen LogP contribution in [-0.2, 0) is 20.9 Å². The highest BCUT2D eigenvalue weighted by Gasteiger charge is 2.14. The zero-order valence-electron chi connectivity index (χ0n) is 13.0. The van der Waals surface area contributed by atoms with Crippen LogP contribution in [0, 0.1) is 0 Å². The highest BCUT2D eigenvalue weighted by atomic mass is 16.5. The number of esters is 1. The minimum Gasteiger partial charge on any atom is -0.466 e. The fraction of sp³-hybridized carbons (Fsp3) is 0.667. The number of aryl methyl sites for hydroxylation is 1. The summed E-state index contributed by atoms with van der Waals surface area (Å²) in [5.41, 5.74) is 0. The minimum absolute atomic E-state index is 0.104. The molecule has 6 nitrogen and oxygen atoms in total. The lowest BCUT2D eigenvalue weighted by Crippen LogP contribution is -2.34. The molecule has 0 spiro atoms. The fourth-order valence-corrected chi connectivity index (χ4v) is 2.06. The van der Waals surface area contributed by atoms with E-state index in [0.29, 0.717) is 26.1 Å². The summed E-state index contributed by atoms with van der Waals surface area (Å²) in [7, 11) is 0. The number of ether oxygens (including phenoxy) is 1. The SMILES string of the molecule is CCCC(=O)N(CCCn1ccnc1)CCC(=O)OCC. The number of hydrogen-bond acceptors (Lipinski definition) is 4. The summed E-state index contributed by atoms with van der Waals surface area (Å²) < 4.78 is 6.89. The summed E-state index contributed by atoms with van der Waals surface area (Å²) in [5.74, 6) is -0.145. The van der Waals surface area contributed by atoms with Gasteiger partial charge in [-0.05, 0) is 19.8 Å². The van der Waals surface area contributed by atoms with Gasteiger partial charge in [-0.3, -0.25) is 9.59 Å². The molecule has 0 saturated carbocycles. The third kappa shape index (κ3) is 6.92. The molecule has 1 rings (SSSR count). The van der Waals surface area contributed by atoms with Crippen LogP contribution in [0.2, 0.25) is 0 Å². The number of amides is 1. The van der Waals surface area contributed by atoms with Gasteiger partial charge in [0.15, 0.2) is 0 Å². The molecule has 0 atom stereocenters. The minimum atomic E-state index is -0.249. The highest BCUT2D eigenvalue weighted by Crippen LogP contribution is 2.03. The Morgan fingerprint density at radius 3 is 2.67 bits per heavy atom. The Kier molecular flexibility index (Phi) is 8.16. The predicted molar refractivity (Wildman–Crippen MR) is 79.6 cm³/mol.